The highest BCUT2D eigenvalue weighted by atomic mass is 16.6. The van der Waals surface area contributed by atoms with Crippen LogP contribution in [-0.4, -0.2) is 54.0 Å². The molecule has 1 heterocycles. The second-order valence-corrected chi connectivity index (χ2v) is 7.21. The minimum absolute atomic E-state index is 0.0676. The molecule has 0 aromatic heterocycles. The van der Waals surface area contributed by atoms with Crippen LogP contribution in [0.5, 0.6) is 5.75 Å². The maximum absolute atomic E-state index is 12.6. The van der Waals surface area contributed by atoms with E-state index in [2.05, 4.69) is 0 Å². The van der Waals surface area contributed by atoms with Gasteiger partial charge in [-0.25, -0.2) is 9.59 Å². The molecule has 0 unspecified atom stereocenters. The third-order valence-corrected chi connectivity index (χ3v) is 3.98. The lowest BCUT2D eigenvalue weighted by molar-refractivity contribution is -0.147. The molecule has 1 aliphatic rings. The molecule has 1 amide bonds. The summed E-state index contributed by atoms with van der Waals surface area (Å²) in [6.07, 6.45) is 0.356. The van der Waals surface area contributed by atoms with Crippen molar-refractivity contribution in [3.05, 3.63) is 29.3 Å². The Hall–Kier alpha value is -2.28. The fraction of sp³-hybridized carbons (Fsp3) is 0.579. The molecule has 0 aliphatic carbocycles. The topological polar surface area (TPSA) is 85.3 Å². The summed E-state index contributed by atoms with van der Waals surface area (Å²) in [6.45, 7) is 6.06. The number of rotatable bonds is 5. The quantitative estimate of drug-likeness (QED) is 0.636. The SMILES string of the molecule is COC(=O)[C@@H]1Cc2ccc(OCCCO)cc2CN1C(=O)OC(C)(C)C. The van der Waals surface area contributed by atoms with Crippen LogP contribution in [0.2, 0.25) is 0 Å². The second kappa shape index (κ2) is 8.40. The summed E-state index contributed by atoms with van der Waals surface area (Å²) in [4.78, 5) is 26.2. The van der Waals surface area contributed by atoms with Crippen molar-refractivity contribution in [3.8, 4) is 5.75 Å². The first kappa shape index (κ1) is 20.0. The van der Waals surface area contributed by atoms with Gasteiger partial charge in [-0.1, -0.05) is 6.07 Å². The molecule has 1 aromatic carbocycles. The zero-order valence-electron chi connectivity index (χ0n) is 15.8. The van der Waals surface area contributed by atoms with E-state index in [9.17, 15) is 9.59 Å². The van der Waals surface area contributed by atoms with Gasteiger partial charge in [0.25, 0.3) is 0 Å². The summed E-state index contributed by atoms with van der Waals surface area (Å²) < 4.78 is 15.9. The van der Waals surface area contributed by atoms with Crippen LogP contribution in [0.15, 0.2) is 18.2 Å². The summed E-state index contributed by atoms with van der Waals surface area (Å²) in [7, 11) is 1.31. The van der Waals surface area contributed by atoms with Crippen molar-refractivity contribution in [1.29, 1.82) is 0 Å². The van der Waals surface area contributed by atoms with Gasteiger partial charge in [-0.2, -0.15) is 0 Å². The molecular formula is C19H27NO6. The average molecular weight is 365 g/mol. The fourth-order valence-electron chi connectivity index (χ4n) is 2.76. The van der Waals surface area contributed by atoms with Gasteiger partial charge in [-0.3, -0.25) is 4.90 Å². The van der Waals surface area contributed by atoms with Crippen molar-refractivity contribution in [2.24, 2.45) is 0 Å². The van der Waals surface area contributed by atoms with Crippen LogP contribution < -0.4 is 4.74 Å². The fourth-order valence-corrected chi connectivity index (χ4v) is 2.76. The van der Waals surface area contributed by atoms with Gasteiger partial charge < -0.3 is 19.3 Å². The van der Waals surface area contributed by atoms with Crippen LogP contribution in [0.1, 0.15) is 38.3 Å². The molecule has 144 valence electrons. The highest BCUT2D eigenvalue weighted by Crippen LogP contribution is 2.29. The van der Waals surface area contributed by atoms with Crippen molar-refractivity contribution >= 4 is 12.1 Å². The monoisotopic (exact) mass is 365 g/mol. The Kier molecular flexibility index (Phi) is 6.47. The van der Waals surface area contributed by atoms with Crippen LogP contribution in [0.25, 0.3) is 0 Å². The van der Waals surface area contributed by atoms with Gasteiger partial charge in [-0.05, 0) is 44.0 Å². The molecule has 1 aliphatic heterocycles. The van der Waals surface area contributed by atoms with Crippen molar-refractivity contribution in [1.82, 2.24) is 4.90 Å². The van der Waals surface area contributed by atoms with E-state index in [1.54, 1.807) is 20.8 Å². The number of benzene rings is 1. The van der Waals surface area contributed by atoms with Gasteiger partial charge in [-0.15, -0.1) is 0 Å². The molecule has 7 heteroatoms. The van der Waals surface area contributed by atoms with Crippen molar-refractivity contribution < 1.29 is 28.9 Å². The van der Waals surface area contributed by atoms with Gasteiger partial charge in [0.1, 0.15) is 17.4 Å². The second-order valence-electron chi connectivity index (χ2n) is 7.21. The molecule has 0 spiro atoms. The van der Waals surface area contributed by atoms with Crippen LogP contribution in [-0.2, 0) is 27.2 Å². The highest BCUT2D eigenvalue weighted by Gasteiger charge is 2.37. The van der Waals surface area contributed by atoms with Crippen LogP contribution in [0, 0.1) is 0 Å². The molecular weight excluding hydrogens is 338 g/mol. The summed E-state index contributed by atoms with van der Waals surface area (Å²) in [5.41, 5.74) is 1.21. The maximum atomic E-state index is 12.6. The normalized spacial score (nSPS) is 16.7. The first-order valence-electron chi connectivity index (χ1n) is 8.68. The van der Waals surface area contributed by atoms with Gasteiger partial charge in [0.05, 0.1) is 20.3 Å². The van der Waals surface area contributed by atoms with E-state index in [4.69, 9.17) is 19.3 Å². The molecule has 7 nitrogen and oxygen atoms in total. The zero-order chi connectivity index (χ0) is 19.3. The molecule has 0 fully saturated rings. The number of fused-ring (bicyclic) bond motifs is 1. The molecule has 0 saturated carbocycles. The Bertz CT molecular complexity index is 652. The van der Waals surface area contributed by atoms with E-state index in [1.807, 2.05) is 18.2 Å². The van der Waals surface area contributed by atoms with E-state index >= 15 is 0 Å². The first-order valence-corrected chi connectivity index (χ1v) is 8.68. The van der Waals surface area contributed by atoms with Crippen molar-refractivity contribution in [3.63, 3.8) is 0 Å². The number of carbonyl (C=O) groups is 2. The van der Waals surface area contributed by atoms with Crippen molar-refractivity contribution in [2.75, 3.05) is 20.3 Å². The summed E-state index contributed by atoms with van der Waals surface area (Å²) in [5.74, 6) is 0.197. The standard InChI is InChI=1S/C19H27NO6/c1-19(2,3)26-18(23)20-12-14-10-15(25-9-5-8-21)7-6-13(14)11-16(20)17(22)24-4/h6-7,10,16,21H,5,8-9,11-12H2,1-4H3/t16-/m0/s1. The number of methoxy groups -OCH3 is 1. The summed E-state index contributed by atoms with van der Waals surface area (Å²) in [6, 6.07) is 4.86. The largest absolute Gasteiger partial charge is 0.493 e. The minimum atomic E-state index is -0.719. The minimum Gasteiger partial charge on any atom is -0.493 e. The van der Waals surface area contributed by atoms with E-state index in [0.717, 1.165) is 11.1 Å². The Labute approximate surface area is 153 Å². The van der Waals surface area contributed by atoms with E-state index in [-0.39, 0.29) is 13.2 Å². The number of nitrogens with zero attached hydrogens (tertiary/aromatic N) is 1. The van der Waals surface area contributed by atoms with E-state index in [0.29, 0.717) is 25.2 Å². The lowest BCUT2D eigenvalue weighted by Crippen LogP contribution is -2.50. The molecule has 0 bridgehead atoms. The molecule has 26 heavy (non-hydrogen) atoms. The Morgan fingerprint density at radius 1 is 1.27 bits per heavy atom. The molecule has 1 atom stereocenters. The number of esters is 1. The van der Waals surface area contributed by atoms with Crippen LogP contribution in [0.4, 0.5) is 4.79 Å². The molecule has 0 radical (unpaired) electrons. The molecule has 0 saturated heterocycles. The number of ether oxygens (including phenoxy) is 3. The highest BCUT2D eigenvalue weighted by molar-refractivity contribution is 5.82. The summed E-state index contributed by atoms with van der Waals surface area (Å²) >= 11 is 0. The Balaban J connectivity index is 2.24. The predicted molar refractivity (Wildman–Crippen MR) is 94.9 cm³/mol. The Morgan fingerprint density at radius 2 is 2.00 bits per heavy atom. The maximum Gasteiger partial charge on any atom is 0.411 e. The molecule has 1 aromatic rings. The van der Waals surface area contributed by atoms with Crippen LogP contribution in [0.3, 0.4) is 0 Å². The van der Waals surface area contributed by atoms with E-state index in [1.165, 1.54) is 12.0 Å². The van der Waals surface area contributed by atoms with Gasteiger partial charge in [0, 0.05) is 19.4 Å². The zero-order valence-corrected chi connectivity index (χ0v) is 15.8. The molecule has 2 rings (SSSR count). The lowest BCUT2D eigenvalue weighted by atomic mass is 9.94. The van der Waals surface area contributed by atoms with E-state index < -0.39 is 23.7 Å². The van der Waals surface area contributed by atoms with Gasteiger partial charge in [0.2, 0.25) is 0 Å². The number of carbonyl (C=O) groups excluding carboxylic acids is 2. The number of aliphatic hydroxyl groups is 1. The lowest BCUT2D eigenvalue weighted by Gasteiger charge is -2.36. The van der Waals surface area contributed by atoms with Gasteiger partial charge >= 0.3 is 12.1 Å². The van der Waals surface area contributed by atoms with Crippen molar-refractivity contribution in [2.45, 2.75) is 51.8 Å². The number of amides is 1. The van der Waals surface area contributed by atoms with Crippen LogP contribution >= 0.6 is 0 Å². The predicted octanol–water partition coefficient (Wildman–Crippen LogP) is 2.28. The number of aliphatic hydroxyl groups excluding tert-OH is 1. The molecule has 1 N–H and O–H groups in total. The number of hydrogen-bond acceptors (Lipinski definition) is 6. The first-order chi connectivity index (χ1) is 12.2. The average Bonchev–Trinajstić information content (AvgIpc) is 2.58. The number of hydrogen-bond donors (Lipinski definition) is 1. The third kappa shape index (κ3) is 5.11. The Morgan fingerprint density at radius 3 is 2.62 bits per heavy atom. The summed E-state index contributed by atoms with van der Waals surface area (Å²) in [5, 5.41) is 8.85. The van der Waals surface area contributed by atoms with Gasteiger partial charge in [0.15, 0.2) is 0 Å². The smallest absolute Gasteiger partial charge is 0.411 e. The third-order valence-electron chi connectivity index (χ3n) is 3.98.